The largest absolute Gasteiger partial charge is 0.480 e. The molecule has 0 fully saturated rings. The molecule has 0 saturated carbocycles. The van der Waals surface area contributed by atoms with Crippen molar-refractivity contribution in [1.82, 2.24) is 20.9 Å². The summed E-state index contributed by atoms with van der Waals surface area (Å²) in [5.74, 6) is -3.38. The first-order valence-corrected chi connectivity index (χ1v) is 9.69. The Morgan fingerprint density at radius 1 is 1.10 bits per heavy atom. The van der Waals surface area contributed by atoms with Crippen LogP contribution in [0.3, 0.4) is 0 Å². The summed E-state index contributed by atoms with van der Waals surface area (Å²) in [5, 5.41) is 26.1. The lowest BCUT2D eigenvalue weighted by atomic mass is 10.0. The van der Waals surface area contributed by atoms with Crippen molar-refractivity contribution in [2.45, 2.75) is 44.5 Å². The monoisotopic (exact) mass is 433 g/mol. The third-order valence-electron chi connectivity index (χ3n) is 4.69. The van der Waals surface area contributed by atoms with Crippen LogP contribution in [0.25, 0.3) is 10.9 Å². The van der Waals surface area contributed by atoms with E-state index in [1.165, 1.54) is 13.8 Å². The summed E-state index contributed by atoms with van der Waals surface area (Å²) < 4.78 is 0. The van der Waals surface area contributed by atoms with Gasteiger partial charge < -0.3 is 36.9 Å². The standard InChI is InChI=1S/C20H27N5O6/c1-10(18(28)23-9-16(27)25-17(11(2)26)20(30)31)24-19(29)14(21)7-12-8-22-15-6-4-3-5-13(12)15/h3-6,8,10-11,14,17,22,26H,7,9,21H2,1-2H3,(H,23,28)(H,24,29)(H,25,27)(H,30,31). The second-order valence-corrected chi connectivity index (χ2v) is 7.24. The van der Waals surface area contributed by atoms with Crippen molar-refractivity contribution in [3.05, 3.63) is 36.0 Å². The second-order valence-electron chi connectivity index (χ2n) is 7.24. The lowest BCUT2D eigenvalue weighted by molar-refractivity contribution is -0.144. The van der Waals surface area contributed by atoms with Gasteiger partial charge in [-0.05, 0) is 31.9 Å². The van der Waals surface area contributed by atoms with Crippen LogP contribution in [0.4, 0.5) is 0 Å². The van der Waals surface area contributed by atoms with Crippen LogP contribution in [0.15, 0.2) is 30.5 Å². The van der Waals surface area contributed by atoms with Crippen molar-refractivity contribution in [2.24, 2.45) is 5.73 Å². The van der Waals surface area contributed by atoms with Crippen LogP contribution >= 0.6 is 0 Å². The molecule has 2 rings (SSSR count). The summed E-state index contributed by atoms with van der Waals surface area (Å²) in [6, 6.07) is 4.24. The number of amides is 3. The minimum atomic E-state index is -1.50. The normalized spacial score (nSPS) is 14.8. The smallest absolute Gasteiger partial charge is 0.328 e. The van der Waals surface area contributed by atoms with Crippen LogP contribution < -0.4 is 21.7 Å². The van der Waals surface area contributed by atoms with Gasteiger partial charge in [-0.15, -0.1) is 0 Å². The van der Waals surface area contributed by atoms with E-state index in [9.17, 15) is 24.3 Å². The number of hydrogen-bond acceptors (Lipinski definition) is 6. The summed E-state index contributed by atoms with van der Waals surface area (Å²) in [5.41, 5.74) is 7.78. The van der Waals surface area contributed by atoms with Crippen molar-refractivity contribution >= 4 is 34.6 Å². The highest BCUT2D eigenvalue weighted by atomic mass is 16.4. The molecular weight excluding hydrogens is 406 g/mol. The van der Waals surface area contributed by atoms with Crippen LogP contribution in [-0.4, -0.2) is 69.7 Å². The van der Waals surface area contributed by atoms with Gasteiger partial charge in [0.15, 0.2) is 6.04 Å². The molecule has 11 nitrogen and oxygen atoms in total. The van der Waals surface area contributed by atoms with Crippen LogP contribution in [0.1, 0.15) is 19.4 Å². The maximum absolute atomic E-state index is 12.4. The predicted octanol–water partition coefficient (Wildman–Crippen LogP) is -1.39. The summed E-state index contributed by atoms with van der Waals surface area (Å²) in [4.78, 5) is 50.4. The summed E-state index contributed by atoms with van der Waals surface area (Å²) in [6.45, 7) is 2.13. The Morgan fingerprint density at radius 3 is 2.42 bits per heavy atom. The van der Waals surface area contributed by atoms with Gasteiger partial charge in [-0.25, -0.2) is 4.79 Å². The van der Waals surface area contributed by atoms with Gasteiger partial charge in [0.05, 0.1) is 18.7 Å². The average molecular weight is 433 g/mol. The van der Waals surface area contributed by atoms with E-state index in [-0.39, 0.29) is 6.42 Å². The van der Waals surface area contributed by atoms with E-state index in [0.717, 1.165) is 16.5 Å². The molecule has 0 radical (unpaired) electrons. The Balaban J connectivity index is 1.82. The van der Waals surface area contributed by atoms with Gasteiger partial charge in [0.1, 0.15) is 6.04 Å². The molecule has 3 amide bonds. The Labute approximate surface area is 178 Å². The number of rotatable bonds is 10. The third-order valence-corrected chi connectivity index (χ3v) is 4.69. The van der Waals surface area contributed by atoms with Crippen LogP contribution in [-0.2, 0) is 25.6 Å². The number of fused-ring (bicyclic) bond motifs is 1. The number of aromatic amines is 1. The molecule has 4 atom stereocenters. The Morgan fingerprint density at radius 2 is 1.77 bits per heavy atom. The first-order chi connectivity index (χ1) is 14.6. The fourth-order valence-corrected chi connectivity index (χ4v) is 2.95. The number of benzene rings is 1. The van der Waals surface area contributed by atoms with Gasteiger partial charge in [-0.2, -0.15) is 0 Å². The van der Waals surface area contributed by atoms with Gasteiger partial charge >= 0.3 is 5.97 Å². The molecule has 8 N–H and O–H groups in total. The molecule has 1 aromatic carbocycles. The highest BCUT2D eigenvalue weighted by molar-refractivity contribution is 5.93. The Kier molecular flexibility index (Phi) is 8.11. The van der Waals surface area contributed by atoms with E-state index in [1.54, 1.807) is 6.20 Å². The van der Waals surface area contributed by atoms with Crippen molar-refractivity contribution in [3.8, 4) is 0 Å². The third kappa shape index (κ3) is 6.52. The zero-order valence-corrected chi connectivity index (χ0v) is 17.2. The summed E-state index contributed by atoms with van der Waals surface area (Å²) in [6.07, 6.45) is 0.737. The molecule has 1 aromatic heterocycles. The molecular formula is C20H27N5O6. The number of nitrogens with two attached hydrogens (primary N) is 1. The predicted molar refractivity (Wildman–Crippen MR) is 112 cm³/mol. The van der Waals surface area contributed by atoms with Crippen LogP contribution in [0.5, 0.6) is 0 Å². The molecule has 0 saturated heterocycles. The van der Waals surface area contributed by atoms with Gasteiger partial charge in [-0.3, -0.25) is 14.4 Å². The zero-order valence-electron chi connectivity index (χ0n) is 17.2. The maximum atomic E-state index is 12.4. The number of hydrogen-bond donors (Lipinski definition) is 7. The number of H-pyrrole nitrogens is 1. The number of aliphatic hydroxyl groups excluding tert-OH is 1. The molecule has 11 heteroatoms. The van der Waals surface area contributed by atoms with Crippen molar-refractivity contribution in [3.63, 3.8) is 0 Å². The molecule has 0 bridgehead atoms. The molecule has 2 aromatic rings. The number of aliphatic carboxylic acids is 1. The molecule has 31 heavy (non-hydrogen) atoms. The number of nitrogens with one attached hydrogen (secondary N) is 4. The zero-order chi connectivity index (χ0) is 23.1. The lowest BCUT2D eigenvalue weighted by Gasteiger charge is -2.19. The fraction of sp³-hybridized carbons (Fsp3) is 0.400. The average Bonchev–Trinajstić information content (AvgIpc) is 3.12. The molecule has 0 spiro atoms. The summed E-state index contributed by atoms with van der Waals surface area (Å²) >= 11 is 0. The van der Waals surface area contributed by atoms with Gasteiger partial charge in [0.2, 0.25) is 17.7 Å². The Bertz CT molecular complexity index is 956. The van der Waals surface area contributed by atoms with Gasteiger partial charge in [0, 0.05) is 17.1 Å². The van der Waals surface area contributed by atoms with Gasteiger partial charge in [-0.1, -0.05) is 18.2 Å². The molecule has 168 valence electrons. The molecule has 0 aliphatic heterocycles. The topological polar surface area (TPSA) is 187 Å². The number of carbonyl (C=O) groups excluding carboxylic acids is 3. The summed E-state index contributed by atoms with van der Waals surface area (Å²) in [7, 11) is 0. The molecule has 4 unspecified atom stereocenters. The minimum Gasteiger partial charge on any atom is -0.480 e. The van der Waals surface area contributed by atoms with E-state index in [0.29, 0.717) is 0 Å². The second kappa shape index (κ2) is 10.5. The minimum absolute atomic E-state index is 0.266. The number of para-hydroxylation sites is 1. The van der Waals surface area contributed by atoms with E-state index in [4.69, 9.17) is 10.8 Å². The molecule has 0 aliphatic carbocycles. The highest BCUT2D eigenvalue weighted by Gasteiger charge is 2.26. The highest BCUT2D eigenvalue weighted by Crippen LogP contribution is 2.18. The lowest BCUT2D eigenvalue weighted by Crippen LogP contribution is -2.53. The van der Waals surface area contributed by atoms with Crippen molar-refractivity contribution in [2.75, 3.05) is 6.54 Å². The van der Waals surface area contributed by atoms with Crippen LogP contribution in [0.2, 0.25) is 0 Å². The number of carbonyl (C=O) groups is 4. The molecule has 0 aliphatic rings. The van der Waals surface area contributed by atoms with Gasteiger partial charge in [0.25, 0.3) is 0 Å². The SMILES string of the molecule is CC(NC(=O)C(N)Cc1c[nH]c2ccccc12)C(=O)NCC(=O)NC(C(=O)O)C(C)O. The van der Waals surface area contributed by atoms with Crippen LogP contribution in [0, 0.1) is 0 Å². The fourth-order valence-electron chi connectivity index (χ4n) is 2.95. The number of carboxylic acids is 1. The van der Waals surface area contributed by atoms with E-state index in [1.807, 2.05) is 24.3 Å². The van der Waals surface area contributed by atoms with E-state index < -0.39 is 54.5 Å². The number of carboxylic acid groups (broad SMARTS) is 1. The molecule has 1 heterocycles. The number of aliphatic hydroxyl groups is 1. The Hall–Kier alpha value is -3.44. The first-order valence-electron chi connectivity index (χ1n) is 9.69. The first kappa shape index (κ1) is 23.8. The van der Waals surface area contributed by atoms with Crippen molar-refractivity contribution in [1.29, 1.82) is 0 Å². The quantitative estimate of drug-likeness (QED) is 0.240. The van der Waals surface area contributed by atoms with E-state index in [2.05, 4.69) is 20.9 Å². The van der Waals surface area contributed by atoms with E-state index >= 15 is 0 Å². The maximum Gasteiger partial charge on any atom is 0.328 e. The van der Waals surface area contributed by atoms with Crippen molar-refractivity contribution < 1.29 is 29.4 Å². The number of aromatic nitrogens is 1.